The van der Waals surface area contributed by atoms with E-state index in [1.165, 1.54) is 20.1 Å². The van der Waals surface area contributed by atoms with Gasteiger partial charge in [-0.25, -0.2) is 8.42 Å². The van der Waals surface area contributed by atoms with E-state index in [9.17, 15) is 18.0 Å². The van der Waals surface area contributed by atoms with Gasteiger partial charge in [-0.05, 0) is 31.5 Å². The lowest BCUT2D eigenvalue weighted by Gasteiger charge is -2.16. The first kappa shape index (κ1) is 19.0. The number of benzene rings is 1. The molecule has 0 radical (unpaired) electrons. The third-order valence-corrected chi connectivity index (χ3v) is 5.19. The molecule has 0 bridgehead atoms. The fraction of sp³-hybridized carbons (Fsp3) is 0.412. The first-order valence-electron chi connectivity index (χ1n) is 7.76. The highest BCUT2D eigenvalue weighted by molar-refractivity contribution is 7.94. The Labute approximate surface area is 146 Å². The van der Waals surface area contributed by atoms with Crippen LogP contribution in [0.2, 0.25) is 0 Å². The van der Waals surface area contributed by atoms with E-state index in [0.717, 1.165) is 11.0 Å². The van der Waals surface area contributed by atoms with Gasteiger partial charge in [-0.1, -0.05) is 12.1 Å². The molecule has 8 heteroatoms. The molecule has 1 amide bonds. The molecule has 0 spiro atoms. The van der Waals surface area contributed by atoms with Gasteiger partial charge in [0, 0.05) is 11.3 Å². The van der Waals surface area contributed by atoms with Gasteiger partial charge >= 0.3 is 5.97 Å². The summed E-state index contributed by atoms with van der Waals surface area (Å²) in [5, 5.41) is 3.77. The zero-order valence-electron chi connectivity index (χ0n) is 14.3. The number of anilines is 1. The number of esters is 1. The predicted molar refractivity (Wildman–Crippen MR) is 92.9 cm³/mol. The van der Waals surface area contributed by atoms with E-state index in [4.69, 9.17) is 9.47 Å². The molecule has 1 aromatic rings. The minimum absolute atomic E-state index is 0.0822. The number of amides is 1. The number of rotatable bonds is 6. The summed E-state index contributed by atoms with van der Waals surface area (Å²) in [5.74, 6) is -1.13. The molecule has 1 N–H and O–H groups in total. The van der Waals surface area contributed by atoms with Crippen LogP contribution in [-0.2, 0) is 24.2 Å². The summed E-state index contributed by atoms with van der Waals surface area (Å²) in [7, 11) is -1.73. The Balaban J connectivity index is 1.91. The van der Waals surface area contributed by atoms with E-state index >= 15 is 0 Å². The van der Waals surface area contributed by atoms with Crippen molar-refractivity contribution < 1.29 is 27.5 Å². The Morgan fingerprint density at radius 1 is 1.36 bits per heavy atom. The van der Waals surface area contributed by atoms with Crippen molar-refractivity contribution in [1.82, 2.24) is 0 Å². The predicted octanol–water partition coefficient (Wildman–Crippen LogP) is 1.82. The van der Waals surface area contributed by atoms with Crippen LogP contribution in [0.3, 0.4) is 0 Å². The molecule has 1 heterocycles. The molecule has 2 rings (SSSR count). The third-order valence-electron chi connectivity index (χ3n) is 3.72. The molecule has 0 aliphatic carbocycles. The summed E-state index contributed by atoms with van der Waals surface area (Å²) in [5.41, 5.74) is 1.43. The van der Waals surface area contributed by atoms with Gasteiger partial charge in [-0.3, -0.25) is 9.59 Å². The van der Waals surface area contributed by atoms with Crippen LogP contribution in [-0.4, -0.2) is 39.3 Å². The van der Waals surface area contributed by atoms with Gasteiger partial charge in [0.2, 0.25) is 0 Å². The summed E-state index contributed by atoms with van der Waals surface area (Å²) in [4.78, 5) is 24.1. The maximum atomic E-state index is 12.2. The van der Waals surface area contributed by atoms with Crippen LogP contribution in [0.4, 0.5) is 5.69 Å². The Morgan fingerprint density at radius 2 is 2.08 bits per heavy atom. The molecule has 7 nitrogen and oxygen atoms in total. The molecule has 0 fully saturated rings. The van der Waals surface area contributed by atoms with E-state index < -0.39 is 33.7 Å². The normalized spacial score (nSPS) is 19.2. The van der Waals surface area contributed by atoms with Gasteiger partial charge in [-0.2, -0.15) is 0 Å². The van der Waals surface area contributed by atoms with Crippen LogP contribution in [0.25, 0.3) is 0 Å². The molecule has 1 aromatic carbocycles. The topological polar surface area (TPSA) is 98.8 Å². The van der Waals surface area contributed by atoms with Crippen molar-refractivity contribution in [2.45, 2.75) is 26.4 Å². The molecular weight excluding hydrogens is 346 g/mol. The summed E-state index contributed by atoms with van der Waals surface area (Å²) in [6.45, 7) is 3.33. The van der Waals surface area contributed by atoms with Crippen LogP contribution < -0.4 is 10.1 Å². The number of methoxy groups -OCH3 is 1. The van der Waals surface area contributed by atoms with Crippen LogP contribution in [0.5, 0.6) is 5.75 Å². The fourth-order valence-electron chi connectivity index (χ4n) is 2.43. The number of ether oxygens (including phenoxy) is 2. The van der Waals surface area contributed by atoms with Crippen molar-refractivity contribution in [2.75, 3.05) is 18.2 Å². The smallest absolute Gasteiger partial charge is 0.307 e. The standard InChI is InChI=1S/C17H21NO6S/c1-11-4-5-15(23-3)14(8-11)18-17(20)12(2)24-16(19)9-13-6-7-25(21,22)10-13/h4-8,12-13H,9-10H2,1-3H3,(H,18,20)/t12-,13-/m1/s1. The second kappa shape index (κ2) is 7.69. The quantitative estimate of drug-likeness (QED) is 0.770. The number of allylic oxidation sites excluding steroid dienone is 1. The molecule has 0 unspecified atom stereocenters. The molecule has 0 saturated heterocycles. The van der Waals surface area contributed by atoms with Crippen molar-refractivity contribution in [2.24, 2.45) is 5.92 Å². The molecule has 1 aliphatic rings. The van der Waals surface area contributed by atoms with Crippen LogP contribution in [0.15, 0.2) is 29.7 Å². The number of hydrogen-bond acceptors (Lipinski definition) is 6. The summed E-state index contributed by atoms with van der Waals surface area (Å²) in [6, 6.07) is 5.33. The molecule has 1 aliphatic heterocycles. The second-order valence-corrected chi connectivity index (χ2v) is 7.88. The number of carbonyl (C=O) groups excluding carboxylic acids is 2. The summed E-state index contributed by atoms with van der Waals surface area (Å²) < 4.78 is 32.9. The zero-order chi connectivity index (χ0) is 18.6. The third kappa shape index (κ3) is 5.32. The summed E-state index contributed by atoms with van der Waals surface area (Å²) >= 11 is 0. The van der Waals surface area contributed by atoms with E-state index in [1.54, 1.807) is 12.1 Å². The minimum atomic E-state index is -3.22. The maximum absolute atomic E-state index is 12.2. The Kier molecular flexibility index (Phi) is 5.84. The molecule has 25 heavy (non-hydrogen) atoms. The Hall–Kier alpha value is -2.35. The highest BCUT2D eigenvalue weighted by atomic mass is 32.2. The van der Waals surface area contributed by atoms with Crippen LogP contribution >= 0.6 is 0 Å². The number of carbonyl (C=O) groups is 2. The monoisotopic (exact) mass is 367 g/mol. The summed E-state index contributed by atoms with van der Waals surface area (Å²) in [6.07, 6.45) is 0.375. The SMILES string of the molecule is COc1ccc(C)cc1NC(=O)[C@@H](C)OC(=O)C[C@H]1C=CS(=O)(=O)C1. The van der Waals surface area contributed by atoms with Gasteiger partial charge < -0.3 is 14.8 Å². The first-order chi connectivity index (χ1) is 11.7. The molecular formula is C17H21NO6S. The van der Waals surface area contributed by atoms with Crippen molar-refractivity contribution >= 4 is 27.4 Å². The highest BCUT2D eigenvalue weighted by Crippen LogP contribution is 2.25. The average Bonchev–Trinajstić information content (AvgIpc) is 2.86. The Morgan fingerprint density at radius 3 is 2.68 bits per heavy atom. The number of sulfone groups is 1. The van der Waals surface area contributed by atoms with Gasteiger partial charge in [-0.15, -0.1) is 0 Å². The largest absolute Gasteiger partial charge is 0.495 e. The average molecular weight is 367 g/mol. The number of hydrogen-bond donors (Lipinski definition) is 1. The molecule has 0 saturated carbocycles. The zero-order valence-corrected chi connectivity index (χ0v) is 15.1. The van der Waals surface area contributed by atoms with E-state index in [2.05, 4.69) is 5.32 Å². The highest BCUT2D eigenvalue weighted by Gasteiger charge is 2.26. The van der Waals surface area contributed by atoms with Gasteiger partial charge in [0.05, 0.1) is 25.0 Å². The van der Waals surface area contributed by atoms with Gasteiger partial charge in [0.1, 0.15) is 5.75 Å². The number of nitrogens with one attached hydrogen (secondary N) is 1. The fourth-order valence-corrected chi connectivity index (χ4v) is 3.83. The van der Waals surface area contributed by atoms with E-state index in [1.807, 2.05) is 13.0 Å². The second-order valence-electron chi connectivity index (χ2n) is 5.95. The molecule has 136 valence electrons. The number of aryl methyl sites for hydroxylation is 1. The Bertz CT molecular complexity index is 799. The van der Waals surface area contributed by atoms with Crippen molar-refractivity contribution in [3.8, 4) is 5.75 Å². The lowest BCUT2D eigenvalue weighted by Crippen LogP contribution is -2.30. The van der Waals surface area contributed by atoms with Crippen LogP contribution in [0.1, 0.15) is 18.9 Å². The van der Waals surface area contributed by atoms with Crippen molar-refractivity contribution in [3.05, 3.63) is 35.2 Å². The maximum Gasteiger partial charge on any atom is 0.307 e. The van der Waals surface area contributed by atoms with E-state index in [0.29, 0.717) is 11.4 Å². The van der Waals surface area contributed by atoms with Crippen molar-refractivity contribution in [1.29, 1.82) is 0 Å². The lowest BCUT2D eigenvalue weighted by molar-refractivity contribution is -0.153. The lowest BCUT2D eigenvalue weighted by atomic mass is 10.1. The molecule has 0 aromatic heterocycles. The van der Waals surface area contributed by atoms with Gasteiger partial charge in [0.25, 0.3) is 5.91 Å². The van der Waals surface area contributed by atoms with Crippen LogP contribution in [0, 0.1) is 12.8 Å². The minimum Gasteiger partial charge on any atom is -0.495 e. The van der Waals surface area contributed by atoms with Gasteiger partial charge in [0.15, 0.2) is 15.9 Å². The first-order valence-corrected chi connectivity index (χ1v) is 9.47. The van der Waals surface area contributed by atoms with E-state index in [-0.39, 0.29) is 12.2 Å². The van der Waals surface area contributed by atoms with Crippen molar-refractivity contribution in [3.63, 3.8) is 0 Å². The molecule has 2 atom stereocenters.